The van der Waals surface area contributed by atoms with E-state index in [2.05, 4.69) is 5.32 Å². The Hall–Kier alpha value is -0.960. The van der Waals surface area contributed by atoms with Crippen LogP contribution in [-0.2, 0) is 21.4 Å². The summed E-state index contributed by atoms with van der Waals surface area (Å²) in [6, 6.07) is 3.11. The Balaban J connectivity index is 1.92. The maximum absolute atomic E-state index is 12.7. The van der Waals surface area contributed by atoms with Crippen LogP contribution in [0.1, 0.15) is 17.7 Å². The summed E-state index contributed by atoms with van der Waals surface area (Å²) in [7, 11) is -3.52. The van der Waals surface area contributed by atoms with E-state index in [4.69, 9.17) is 5.73 Å². The summed E-state index contributed by atoms with van der Waals surface area (Å²) in [5.74, 6) is -0.226. The average Bonchev–Trinajstić information content (AvgIpc) is 3.06. The number of rotatable bonds is 3. The van der Waals surface area contributed by atoms with Crippen LogP contribution in [0.25, 0.3) is 0 Å². The van der Waals surface area contributed by atoms with Crippen molar-refractivity contribution in [3.05, 3.63) is 17.0 Å². The highest BCUT2D eigenvalue weighted by Gasteiger charge is 2.45. The molecule has 0 radical (unpaired) electrons. The van der Waals surface area contributed by atoms with E-state index in [-0.39, 0.29) is 17.9 Å². The number of carbonyl (C=O) groups excluding carboxylic acids is 1. The first-order valence-corrected chi connectivity index (χ1v) is 8.88. The molecule has 2 fully saturated rings. The molecule has 0 spiro atoms. The third kappa shape index (κ3) is 2.16. The predicted octanol–water partition coefficient (Wildman–Crippen LogP) is 0.106. The minimum atomic E-state index is -3.52. The number of sulfonamides is 1. The van der Waals surface area contributed by atoms with Crippen molar-refractivity contribution in [3.63, 3.8) is 0 Å². The van der Waals surface area contributed by atoms with Gasteiger partial charge < -0.3 is 11.1 Å². The van der Waals surface area contributed by atoms with Crippen molar-refractivity contribution in [2.75, 3.05) is 13.1 Å². The fourth-order valence-electron chi connectivity index (χ4n) is 2.93. The molecular weight excluding hydrogens is 298 g/mol. The molecule has 1 amide bonds. The van der Waals surface area contributed by atoms with Gasteiger partial charge >= 0.3 is 0 Å². The number of hydrogen-bond donors (Lipinski definition) is 2. The van der Waals surface area contributed by atoms with Crippen molar-refractivity contribution in [1.29, 1.82) is 0 Å². The van der Waals surface area contributed by atoms with E-state index in [1.165, 1.54) is 15.6 Å². The third-order valence-electron chi connectivity index (χ3n) is 3.95. The highest BCUT2D eigenvalue weighted by atomic mass is 32.2. The summed E-state index contributed by atoms with van der Waals surface area (Å²) in [6.45, 7) is 1.23. The molecule has 6 nitrogen and oxygen atoms in total. The number of piperidine rings is 1. The Morgan fingerprint density at radius 2 is 2.25 bits per heavy atom. The van der Waals surface area contributed by atoms with Gasteiger partial charge in [0.1, 0.15) is 4.21 Å². The highest BCUT2D eigenvalue weighted by Crippen LogP contribution is 2.33. The van der Waals surface area contributed by atoms with E-state index in [1.807, 2.05) is 0 Å². The van der Waals surface area contributed by atoms with E-state index in [0.29, 0.717) is 23.8 Å². The molecule has 110 valence electrons. The molecule has 2 aliphatic heterocycles. The van der Waals surface area contributed by atoms with Crippen LogP contribution in [0.15, 0.2) is 16.3 Å². The lowest BCUT2D eigenvalue weighted by molar-refractivity contribution is -0.123. The first-order chi connectivity index (χ1) is 9.54. The van der Waals surface area contributed by atoms with Gasteiger partial charge in [-0.05, 0) is 25.0 Å². The van der Waals surface area contributed by atoms with Crippen LogP contribution in [0.4, 0.5) is 0 Å². The van der Waals surface area contributed by atoms with Crippen LogP contribution in [0, 0.1) is 5.92 Å². The highest BCUT2D eigenvalue weighted by molar-refractivity contribution is 7.91. The zero-order valence-electron chi connectivity index (χ0n) is 10.9. The Morgan fingerprint density at radius 1 is 1.45 bits per heavy atom. The molecule has 0 saturated carbocycles. The number of fused-ring (bicyclic) bond motifs is 1. The molecule has 0 bridgehead atoms. The lowest BCUT2D eigenvalue weighted by atomic mass is 9.93. The second-order valence-electron chi connectivity index (χ2n) is 5.10. The fraction of sp³-hybridized carbons (Fsp3) is 0.583. The van der Waals surface area contributed by atoms with Gasteiger partial charge in [-0.1, -0.05) is 0 Å². The van der Waals surface area contributed by atoms with E-state index in [1.54, 1.807) is 12.1 Å². The standard InChI is InChI=1S/C12H17N3O3S2/c13-6-8-3-4-11(19-8)20(17,18)15-5-1-2-9-10(15)7-14-12(9)16/h3-4,9-10H,1-2,5-7,13H2,(H,14,16). The van der Waals surface area contributed by atoms with Crippen LogP contribution >= 0.6 is 11.3 Å². The first kappa shape index (κ1) is 14.0. The van der Waals surface area contributed by atoms with Gasteiger partial charge in [-0.25, -0.2) is 8.42 Å². The summed E-state index contributed by atoms with van der Waals surface area (Å²) in [5, 5.41) is 2.77. The van der Waals surface area contributed by atoms with Crippen LogP contribution < -0.4 is 11.1 Å². The van der Waals surface area contributed by atoms with Gasteiger partial charge in [0.15, 0.2) is 0 Å². The summed E-state index contributed by atoms with van der Waals surface area (Å²) < 4.78 is 27.3. The lowest BCUT2D eigenvalue weighted by Crippen LogP contribution is -2.48. The van der Waals surface area contributed by atoms with E-state index in [9.17, 15) is 13.2 Å². The Morgan fingerprint density at radius 3 is 2.95 bits per heavy atom. The van der Waals surface area contributed by atoms with Crippen molar-refractivity contribution in [2.24, 2.45) is 11.7 Å². The number of hydrogen-bond acceptors (Lipinski definition) is 5. The molecule has 3 heterocycles. The van der Waals surface area contributed by atoms with Gasteiger partial charge in [0.2, 0.25) is 5.91 Å². The second-order valence-corrected chi connectivity index (χ2v) is 8.39. The molecule has 2 saturated heterocycles. The molecule has 3 rings (SSSR count). The van der Waals surface area contributed by atoms with Crippen molar-refractivity contribution >= 4 is 27.3 Å². The number of amides is 1. The smallest absolute Gasteiger partial charge is 0.252 e. The van der Waals surface area contributed by atoms with Crippen LogP contribution in [0.2, 0.25) is 0 Å². The minimum Gasteiger partial charge on any atom is -0.354 e. The van der Waals surface area contributed by atoms with Crippen molar-refractivity contribution in [3.8, 4) is 0 Å². The number of carbonyl (C=O) groups is 1. The number of thiophene rings is 1. The maximum atomic E-state index is 12.7. The van der Waals surface area contributed by atoms with Crippen LogP contribution in [0.5, 0.6) is 0 Å². The van der Waals surface area contributed by atoms with E-state index in [0.717, 1.165) is 17.7 Å². The van der Waals surface area contributed by atoms with Gasteiger partial charge in [-0.2, -0.15) is 4.31 Å². The van der Waals surface area contributed by atoms with Gasteiger partial charge in [0.05, 0.1) is 12.0 Å². The molecule has 2 aliphatic rings. The Kier molecular flexibility index (Phi) is 3.57. The second kappa shape index (κ2) is 5.10. The Labute approximate surface area is 122 Å². The molecule has 0 aromatic carbocycles. The molecule has 8 heteroatoms. The molecule has 0 aliphatic carbocycles. The summed E-state index contributed by atoms with van der Waals surface area (Å²) >= 11 is 1.21. The molecule has 1 aromatic heterocycles. The van der Waals surface area contributed by atoms with Crippen LogP contribution in [-0.4, -0.2) is 37.8 Å². The zero-order valence-corrected chi connectivity index (χ0v) is 12.5. The largest absolute Gasteiger partial charge is 0.354 e. The average molecular weight is 315 g/mol. The summed E-state index contributed by atoms with van der Waals surface area (Å²) in [6.07, 6.45) is 1.49. The van der Waals surface area contributed by atoms with Crippen molar-refractivity contribution in [2.45, 2.75) is 29.6 Å². The number of nitrogens with two attached hydrogens (primary N) is 1. The summed E-state index contributed by atoms with van der Waals surface area (Å²) in [5.41, 5.74) is 5.54. The third-order valence-corrected chi connectivity index (χ3v) is 7.45. The normalized spacial score (nSPS) is 27.4. The quantitative estimate of drug-likeness (QED) is 0.828. The SMILES string of the molecule is NCc1ccc(S(=O)(=O)N2CCCC3C(=O)NCC32)s1. The lowest BCUT2D eigenvalue weighted by Gasteiger charge is -2.34. The van der Waals surface area contributed by atoms with E-state index >= 15 is 0 Å². The van der Waals surface area contributed by atoms with Gasteiger partial charge in [0.25, 0.3) is 10.0 Å². The Bertz CT molecular complexity index is 626. The molecule has 2 unspecified atom stereocenters. The predicted molar refractivity (Wildman–Crippen MR) is 75.6 cm³/mol. The summed E-state index contributed by atoms with van der Waals surface area (Å²) in [4.78, 5) is 12.6. The number of nitrogens with one attached hydrogen (secondary N) is 1. The molecule has 3 N–H and O–H groups in total. The first-order valence-electron chi connectivity index (χ1n) is 6.62. The van der Waals surface area contributed by atoms with E-state index < -0.39 is 10.0 Å². The maximum Gasteiger partial charge on any atom is 0.252 e. The molecule has 20 heavy (non-hydrogen) atoms. The molecule has 2 atom stereocenters. The topological polar surface area (TPSA) is 92.5 Å². The molecular formula is C12H17N3O3S2. The van der Waals surface area contributed by atoms with Gasteiger partial charge in [-0.3, -0.25) is 4.79 Å². The van der Waals surface area contributed by atoms with Gasteiger partial charge in [0, 0.05) is 24.5 Å². The minimum absolute atomic E-state index is 0.0243. The van der Waals surface area contributed by atoms with Crippen LogP contribution in [0.3, 0.4) is 0 Å². The molecule has 1 aromatic rings. The fourth-order valence-corrected chi connectivity index (χ4v) is 5.99. The monoisotopic (exact) mass is 315 g/mol. The number of nitrogens with zero attached hydrogens (tertiary/aromatic N) is 1. The van der Waals surface area contributed by atoms with Crippen molar-refractivity contribution < 1.29 is 13.2 Å². The van der Waals surface area contributed by atoms with Crippen molar-refractivity contribution in [1.82, 2.24) is 9.62 Å². The zero-order chi connectivity index (χ0) is 14.3. The van der Waals surface area contributed by atoms with Gasteiger partial charge in [-0.15, -0.1) is 11.3 Å².